The third-order valence-electron chi connectivity index (χ3n) is 14.7. The van der Waals surface area contributed by atoms with Gasteiger partial charge in [0, 0.05) is 18.3 Å². The molecule has 0 aromatic heterocycles. The molecule has 0 bridgehead atoms. The summed E-state index contributed by atoms with van der Waals surface area (Å²) in [7, 11) is 0. The highest BCUT2D eigenvalue weighted by Gasteiger charge is 2.45. The Labute approximate surface area is 360 Å². The zero-order valence-electron chi connectivity index (χ0n) is 38.2. The molecule has 14 atom stereocenters. The number of hydrogen-bond donors (Lipinski definition) is 2. The number of cyclic esters (lactones) is 1. The third kappa shape index (κ3) is 12.0. The number of esters is 4. The minimum Gasteiger partial charge on any atom is -0.462 e. The van der Waals surface area contributed by atoms with Gasteiger partial charge in [-0.15, -0.1) is 0 Å². The Morgan fingerprint density at radius 3 is 1.73 bits per heavy atom. The van der Waals surface area contributed by atoms with Crippen LogP contribution in [-0.2, 0) is 38.1 Å². The van der Waals surface area contributed by atoms with Crippen molar-refractivity contribution in [2.24, 2.45) is 58.2 Å². The number of aliphatic hydroxyl groups is 2. The summed E-state index contributed by atoms with van der Waals surface area (Å²) in [6.07, 6.45) is 15.2. The molecule has 0 spiro atoms. The summed E-state index contributed by atoms with van der Waals surface area (Å²) in [5.41, 5.74) is 1.26. The molecule has 0 radical (unpaired) electrons. The van der Waals surface area contributed by atoms with Gasteiger partial charge in [-0.2, -0.15) is 0 Å². The summed E-state index contributed by atoms with van der Waals surface area (Å²) in [6.45, 7) is 20.3. The van der Waals surface area contributed by atoms with Gasteiger partial charge in [0.15, 0.2) is 0 Å². The molecule has 336 valence electrons. The van der Waals surface area contributed by atoms with E-state index in [1.165, 1.54) is 11.1 Å². The topological polar surface area (TPSA) is 146 Å². The van der Waals surface area contributed by atoms with Gasteiger partial charge in [-0.3, -0.25) is 19.2 Å². The summed E-state index contributed by atoms with van der Waals surface area (Å²) in [5, 5.41) is 22.0. The molecule has 0 aromatic carbocycles. The van der Waals surface area contributed by atoms with Crippen molar-refractivity contribution in [3.8, 4) is 0 Å². The summed E-state index contributed by atoms with van der Waals surface area (Å²) in [5.74, 6) is 0.0528. The van der Waals surface area contributed by atoms with Gasteiger partial charge >= 0.3 is 23.9 Å². The monoisotopic (exact) mass is 837 g/mol. The second-order valence-corrected chi connectivity index (χ2v) is 20.5. The van der Waals surface area contributed by atoms with E-state index in [-0.39, 0.29) is 90.8 Å². The van der Waals surface area contributed by atoms with Crippen LogP contribution in [-0.4, -0.2) is 70.7 Å². The number of ether oxygens (including phenoxy) is 4. The van der Waals surface area contributed by atoms with Crippen LogP contribution in [0.15, 0.2) is 47.6 Å². The lowest BCUT2D eigenvalue weighted by atomic mass is 9.65. The zero-order chi connectivity index (χ0) is 44.1. The molecule has 2 N–H and O–H groups in total. The summed E-state index contributed by atoms with van der Waals surface area (Å²) in [6, 6.07) is 0. The average Bonchev–Trinajstić information content (AvgIpc) is 3.16. The fraction of sp³-hybridized carbons (Fsp3) is 0.760. The number of aliphatic hydroxyl groups excluding tert-OH is 2. The second kappa shape index (κ2) is 20.3. The summed E-state index contributed by atoms with van der Waals surface area (Å²) >= 11 is 0. The van der Waals surface area contributed by atoms with Crippen LogP contribution in [0.5, 0.6) is 0 Å². The van der Waals surface area contributed by atoms with Crippen LogP contribution in [0.1, 0.15) is 146 Å². The molecule has 1 heterocycles. The molecule has 0 unspecified atom stereocenters. The first-order valence-corrected chi connectivity index (χ1v) is 23.2. The molecule has 0 amide bonds. The Morgan fingerprint density at radius 2 is 1.23 bits per heavy atom. The van der Waals surface area contributed by atoms with E-state index in [9.17, 15) is 29.4 Å². The number of hydrogen-bond acceptors (Lipinski definition) is 10. The van der Waals surface area contributed by atoms with Gasteiger partial charge in [0.25, 0.3) is 0 Å². The molecular weight excluding hydrogens is 761 g/mol. The minimum atomic E-state index is -1.11. The summed E-state index contributed by atoms with van der Waals surface area (Å²) in [4.78, 5) is 52.3. The highest BCUT2D eigenvalue weighted by molar-refractivity contribution is 5.76. The quantitative estimate of drug-likeness (QED) is 0.107. The van der Waals surface area contributed by atoms with Crippen molar-refractivity contribution in [1.29, 1.82) is 0 Å². The maximum atomic E-state index is 13.2. The maximum absolute atomic E-state index is 13.2. The SMILES string of the molecule is CCC(C)(C)C(=O)O[C@H]1C[C@@H](C)C=C2C=C[C@H](C)[C@H](CC[C@@H](O)C[C@@H](O)CC(=O)O[C@H]3CC(=O)O[C@H](CC[C@@H]4[C@@H]5C(=C[C@H](C)C[C@@H]5OC(=O)C(C)(C)CC)C=C[C@@H]4C)C3)[C@H]21. The van der Waals surface area contributed by atoms with Gasteiger partial charge in [0.2, 0.25) is 0 Å². The van der Waals surface area contributed by atoms with E-state index in [0.29, 0.717) is 38.5 Å². The fourth-order valence-corrected chi connectivity index (χ4v) is 10.1. The van der Waals surface area contributed by atoms with E-state index in [4.69, 9.17) is 18.9 Å². The van der Waals surface area contributed by atoms with Gasteiger partial charge in [-0.25, -0.2) is 0 Å². The highest BCUT2D eigenvalue weighted by atomic mass is 16.6. The van der Waals surface area contributed by atoms with Crippen LogP contribution in [0.3, 0.4) is 0 Å². The maximum Gasteiger partial charge on any atom is 0.311 e. The minimum absolute atomic E-state index is 0.0194. The highest BCUT2D eigenvalue weighted by Crippen LogP contribution is 2.47. The van der Waals surface area contributed by atoms with Crippen LogP contribution >= 0.6 is 0 Å². The normalized spacial score (nSPS) is 33.9. The predicted molar refractivity (Wildman–Crippen MR) is 231 cm³/mol. The van der Waals surface area contributed by atoms with Crippen LogP contribution in [0.4, 0.5) is 0 Å². The molecule has 0 aromatic rings. The smallest absolute Gasteiger partial charge is 0.311 e. The molecule has 10 heteroatoms. The Balaban J connectivity index is 1.11. The molecule has 60 heavy (non-hydrogen) atoms. The first-order chi connectivity index (χ1) is 28.2. The average molecular weight is 837 g/mol. The number of fused-ring (bicyclic) bond motifs is 2. The zero-order valence-corrected chi connectivity index (χ0v) is 38.2. The summed E-state index contributed by atoms with van der Waals surface area (Å²) < 4.78 is 24.0. The van der Waals surface area contributed by atoms with Crippen molar-refractivity contribution in [2.45, 2.75) is 183 Å². The second-order valence-electron chi connectivity index (χ2n) is 20.5. The Bertz CT molecular complexity index is 1650. The largest absolute Gasteiger partial charge is 0.462 e. The van der Waals surface area contributed by atoms with E-state index in [2.05, 4.69) is 64.2 Å². The number of rotatable bonds is 17. The molecule has 10 nitrogen and oxygen atoms in total. The van der Waals surface area contributed by atoms with Crippen LogP contribution in [0.2, 0.25) is 0 Å². The van der Waals surface area contributed by atoms with E-state index in [1.807, 2.05) is 41.5 Å². The van der Waals surface area contributed by atoms with Crippen LogP contribution in [0, 0.1) is 58.2 Å². The van der Waals surface area contributed by atoms with Gasteiger partial charge in [-0.05, 0) is 132 Å². The Kier molecular flexibility index (Phi) is 16.2. The molecule has 1 saturated heterocycles. The van der Waals surface area contributed by atoms with Gasteiger partial charge in [0.05, 0.1) is 35.9 Å². The molecule has 4 aliphatic carbocycles. The molecule has 1 aliphatic heterocycles. The van der Waals surface area contributed by atoms with Crippen molar-refractivity contribution < 1.29 is 48.3 Å². The van der Waals surface area contributed by atoms with E-state index in [0.717, 1.165) is 19.3 Å². The van der Waals surface area contributed by atoms with Gasteiger partial charge in [0.1, 0.15) is 24.4 Å². The van der Waals surface area contributed by atoms with Crippen LogP contribution in [0.25, 0.3) is 0 Å². The Morgan fingerprint density at radius 1 is 0.733 bits per heavy atom. The predicted octanol–water partition coefficient (Wildman–Crippen LogP) is 9.17. The number of allylic oxidation sites excluding steroid dienone is 6. The molecule has 0 saturated carbocycles. The third-order valence-corrected chi connectivity index (χ3v) is 14.7. The van der Waals surface area contributed by atoms with Crippen molar-refractivity contribution in [3.63, 3.8) is 0 Å². The number of carbonyl (C=O) groups excluding carboxylic acids is 4. The molecular formula is C50H76O10. The van der Waals surface area contributed by atoms with Crippen molar-refractivity contribution >= 4 is 23.9 Å². The van der Waals surface area contributed by atoms with Gasteiger partial charge < -0.3 is 29.2 Å². The van der Waals surface area contributed by atoms with Crippen molar-refractivity contribution in [3.05, 3.63) is 47.6 Å². The van der Waals surface area contributed by atoms with Gasteiger partial charge in [-0.1, -0.05) is 78.0 Å². The Hall–Kier alpha value is -3.24. The van der Waals surface area contributed by atoms with E-state index < -0.39 is 47.2 Å². The lowest BCUT2D eigenvalue weighted by Crippen LogP contribution is -2.43. The van der Waals surface area contributed by atoms with E-state index >= 15 is 0 Å². The van der Waals surface area contributed by atoms with Crippen LogP contribution < -0.4 is 0 Å². The molecule has 5 aliphatic rings. The fourth-order valence-electron chi connectivity index (χ4n) is 10.1. The first-order valence-electron chi connectivity index (χ1n) is 23.2. The standard InChI is InChI=1S/C50H76O10/c1-11-49(7,8)47(55)59-41-23-29(3)21-33-15-13-31(5)39(45(33)41)19-17-35(51)25-36(52)26-43(53)58-38-27-37(57-44(54)28-38)18-20-40-32(6)14-16-34-22-30(4)24-42(46(34)40)60-48(56)50(9,10)12-2/h13-16,21-22,29-32,35-42,45-46,51-52H,11-12,17-20,23-28H2,1-10H3/t29-,30-,31-,32-,35+,36+,37+,38+,39-,40-,41-,42-,45-,46-/m0/s1. The first kappa shape index (κ1) is 47.8. The molecule has 5 rings (SSSR count). The lowest BCUT2D eigenvalue weighted by Gasteiger charge is -2.44. The van der Waals surface area contributed by atoms with E-state index in [1.54, 1.807) is 0 Å². The lowest BCUT2D eigenvalue weighted by molar-refractivity contribution is -0.172. The number of carbonyl (C=O) groups is 4. The van der Waals surface area contributed by atoms with Crippen molar-refractivity contribution in [1.82, 2.24) is 0 Å². The van der Waals surface area contributed by atoms with Crippen molar-refractivity contribution in [2.75, 3.05) is 0 Å². The molecule has 1 fully saturated rings.